The van der Waals surface area contributed by atoms with E-state index in [2.05, 4.69) is 33.4 Å². The number of sulfonamides is 1. The molecule has 3 rings (SSSR count). The Bertz CT molecular complexity index is 1220. The minimum Gasteiger partial charge on any atom is -0.496 e. The second-order valence-corrected chi connectivity index (χ2v) is 11.7. The van der Waals surface area contributed by atoms with E-state index in [0.717, 1.165) is 27.8 Å². The van der Waals surface area contributed by atoms with Crippen molar-refractivity contribution in [1.82, 2.24) is 5.32 Å². The number of nitrogens with zero attached hydrogens (tertiary/aromatic N) is 1. The number of anilines is 1. The fourth-order valence-electron chi connectivity index (χ4n) is 3.31. The molecule has 1 N–H and O–H groups in total. The lowest BCUT2D eigenvalue weighted by atomic mass is 10.2. The highest BCUT2D eigenvalue weighted by Gasteiger charge is 2.28. The Balaban J connectivity index is 1.64. The van der Waals surface area contributed by atoms with Crippen LogP contribution in [0.1, 0.15) is 17.5 Å². The summed E-state index contributed by atoms with van der Waals surface area (Å²) in [5.74, 6) is 1.99. The number of thioether (sulfide) groups is 1. The normalized spacial score (nSPS) is 11.2. The molecule has 9 heteroatoms. The van der Waals surface area contributed by atoms with E-state index in [1.165, 1.54) is 24.8 Å². The molecule has 3 aromatic carbocycles. The van der Waals surface area contributed by atoms with Crippen molar-refractivity contribution in [3.05, 3.63) is 88.4 Å². The van der Waals surface area contributed by atoms with Gasteiger partial charge in [-0.25, -0.2) is 8.42 Å². The van der Waals surface area contributed by atoms with E-state index < -0.39 is 10.0 Å². The van der Waals surface area contributed by atoms with Gasteiger partial charge in [0.1, 0.15) is 12.3 Å². The van der Waals surface area contributed by atoms with Gasteiger partial charge >= 0.3 is 0 Å². The van der Waals surface area contributed by atoms with Gasteiger partial charge in [0.05, 0.1) is 22.2 Å². The molecule has 1 amide bonds. The topological polar surface area (TPSA) is 75.7 Å². The largest absolute Gasteiger partial charge is 0.496 e. The molecule has 3 aromatic rings. The number of aryl methyl sites for hydroxylation is 1. The van der Waals surface area contributed by atoms with E-state index in [0.29, 0.717) is 22.5 Å². The van der Waals surface area contributed by atoms with Crippen molar-refractivity contribution in [2.45, 2.75) is 24.0 Å². The smallest absolute Gasteiger partial charge is 0.264 e. The van der Waals surface area contributed by atoms with Crippen LogP contribution in [0.25, 0.3) is 0 Å². The Morgan fingerprint density at radius 3 is 2.43 bits per heavy atom. The number of hydrogen-bond donors (Lipinski definition) is 1. The quantitative estimate of drug-likeness (QED) is 0.292. The summed E-state index contributed by atoms with van der Waals surface area (Å²) >= 11 is 5.15. The molecule has 0 saturated carbocycles. The van der Waals surface area contributed by atoms with Gasteiger partial charge in [-0.1, -0.05) is 48.0 Å². The van der Waals surface area contributed by atoms with Gasteiger partial charge < -0.3 is 10.1 Å². The molecule has 0 bridgehead atoms. The number of rotatable bonds is 12. The van der Waals surface area contributed by atoms with E-state index in [1.54, 1.807) is 30.0 Å². The number of methoxy groups -OCH3 is 1. The molecule has 186 valence electrons. The second kappa shape index (κ2) is 13.0. The van der Waals surface area contributed by atoms with Crippen LogP contribution in [-0.2, 0) is 20.6 Å². The number of carbonyl (C=O) groups is 1. The first kappa shape index (κ1) is 27.1. The van der Waals surface area contributed by atoms with Crippen LogP contribution in [0.4, 0.5) is 5.69 Å². The fourth-order valence-corrected chi connectivity index (χ4v) is 6.37. The Labute approximate surface area is 220 Å². The van der Waals surface area contributed by atoms with Gasteiger partial charge in [-0.15, -0.1) is 0 Å². The Kier molecular flexibility index (Phi) is 10.1. The summed E-state index contributed by atoms with van der Waals surface area (Å²) in [5, 5.41) is 2.86. The van der Waals surface area contributed by atoms with Crippen molar-refractivity contribution in [2.75, 3.05) is 30.3 Å². The number of halogens is 1. The van der Waals surface area contributed by atoms with E-state index in [-0.39, 0.29) is 17.3 Å². The molecule has 0 aliphatic heterocycles. The van der Waals surface area contributed by atoms with Crippen LogP contribution in [0.3, 0.4) is 0 Å². The molecule has 0 spiro atoms. The third-order valence-electron chi connectivity index (χ3n) is 5.22. The molecule has 0 unspecified atom stereocenters. The molecule has 0 radical (unpaired) electrons. The number of amides is 1. The molecular weight excluding hydrogens is 548 g/mol. The van der Waals surface area contributed by atoms with Crippen molar-refractivity contribution >= 4 is 49.3 Å². The van der Waals surface area contributed by atoms with Crippen molar-refractivity contribution in [3.8, 4) is 5.75 Å². The SMILES string of the molecule is COc1ccc(S(=O)(=O)N(CC(=O)NCCCSCc2ccccc2)c2ccc(C)cc2)cc1Br. The predicted octanol–water partition coefficient (Wildman–Crippen LogP) is 5.40. The zero-order valence-electron chi connectivity index (χ0n) is 19.7. The molecule has 0 aliphatic carbocycles. The van der Waals surface area contributed by atoms with Gasteiger partial charge in [-0.05, 0) is 70.9 Å². The summed E-state index contributed by atoms with van der Waals surface area (Å²) in [7, 11) is -2.49. The lowest BCUT2D eigenvalue weighted by Crippen LogP contribution is -2.41. The average Bonchev–Trinajstić information content (AvgIpc) is 2.86. The van der Waals surface area contributed by atoms with Gasteiger partial charge in [0, 0.05) is 12.3 Å². The maximum atomic E-state index is 13.5. The van der Waals surface area contributed by atoms with Gasteiger partial charge in [0.15, 0.2) is 0 Å². The molecule has 0 aromatic heterocycles. The van der Waals surface area contributed by atoms with E-state index in [9.17, 15) is 13.2 Å². The van der Waals surface area contributed by atoms with Crippen LogP contribution in [-0.4, -0.2) is 40.3 Å². The third-order valence-corrected chi connectivity index (χ3v) is 8.72. The number of nitrogens with one attached hydrogen (secondary N) is 1. The molecule has 35 heavy (non-hydrogen) atoms. The van der Waals surface area contributed by atoms with Crippen LogP contribution in [0, 0.1) is 6.92 Å². The molecule has 0 aliphatic rings. The monoisotopic (exact) mass is 576 g/mol. The van der Waals surface area contributed by atoms with Gasteiger partial charge in [0.2, 0.25) is 5.91 Å². The number of ether oxygens (including phenoxy) is 1. The van der Waals surface area contributed by atoms with Gasteiger partial charge in [0.25, 0.3) is 10.0 Å². The highest BCUT2D eigenvalue weighted by Crippen LogP contribution is 2.30. The van der Waals surface area contributed by atoms with Crippen molar-refractivity contribution in [1.29, 1.82) is 0 Å². The van der Waals surface area contributed by atoms with Crippen LogP contribution in [0.2, 0.25) is 0 Å². The average molecular weight is 578 g/mol. The number of benzene rings is 3. The van der Waals surface area contributed by atoms with Crippen molar-refractivity contribution in [3.63, 3.8) is 0 Å². The summed E-state index contributed by atoms with van der Waals surface area (Å²) in [6.07, 6.45) is 0.798. The van der Waals surface area contributed by atoms with Crippen molar-refractivity contribution in [2.24, 2.45) is 0 Å². The first-order chi connectivity index (χ1) is 16.8. The van der Waals surface area contributed by atoms with Crippen molar-refractivity contribution < 1.29 is 17.9 Å². The molecule has 0 atom stereocenters. The van der Waals surface area contributed by atoms with E-state index >= 15 is 0 Å². The summed E-state index contributed by atoms with van der Waals surface area (Å²) < 4.78 is 33.9. The second-order valence-electron chi connectivity index (χ2n) is 7.89. The Hall–Kier alpha value is -2.49. The van der Waals surface area contributed by atoms with Gasteiger partial charge in [-0.3, -0.25) is 9.10 Å². The summed E-state index contributed by atoms with van der Waals surface area (Å²) in [6, 6.07) is 21.8. The number of hydrogen-bond acceptors (Lipinski definition) is 5. The lowest BCUT2D eigenvalue weighted by molar-refractivity contribution is -0.119. The standard InChI is InChI=1S/C26H29BrN2O4S2/c1-20-9-11-22(12-10-20)29(35(31,32)23-13-14-25(33-2)24(27)17-23)18-26(30)28-15-6-16-34-19-21-7-4-3-5-8-21/h3-5,7-14,17H,6,15-16,18-19H2,1-2H3,(H,28,30). The molecule has 6 nitrogen and oxygen atoms in total. The Morgan fingerprint density at radius 2 is 1.77 bits per heavy atom. The van der Waals surface area contributed by atoms with Gasteiger partial charge in [-0.2, -0.15) is 11.8 Å². The lowest BCUT2D eigenvalue weighted by Gasteiger charge is -2.24. The minimum atomic E-state index is -4.00. The highest BCUT2D eigenvalue weighted by atomic mass is 79.9. The maximum absolute atomic E-state index is 13.5. The van der Waals surface area contributed by atoms with E-state index in [4.69, 9.17) is 4.74 Å². The summed E-state index contributed by atoms with van der Waals surface area (Å²) in [6.45, 7) is 2.09. The molecular formula is C26H29BrN2O4S2. The Morgan fingerprint density at radius 1 is 1.06 bits per heavy atom. The minimum absolute atomic E-state index is 0.0656. The molecule has 0 saturated heterocycles. The van der Waals surface area contributed by atoms with Crippen LogP contribution in [0.5, 0.6) is 5.75 Å². The zero-order chi connectivity index (χ0) is 25.3. The zero-order valence-corrected chi connectivity index (χ0v) is 23.0. The molecule has 0 heterocycles. The van der Waals surface area contributed by atoms with E-state index in [1.807, 2.05) is 37.3 Å². The molecule has 0 fully saturated rings. The fraction of sp³-hybridized carbons (Fsp3) is 0.269. The van der Waals surface area contributed by atoms with Crippen LogP contribution >= 0.6 is 27.7 Å². The third kappa shape index (κ3) is 7.75. The predicted molar refractivity (Wildman–Crippen MR) is 147 cm³/mol. The number of carbonyl (C=O) groups excluding carboxylic acids is 1. The summed E-state index contributed by atoms with van der Waals surface area (Å²) in [5.41, 5.74) is 2.69. The van der Waals surface area contributed by atoms with Crippen LogP contribution < -0.4 is 14.4 Å². The summed E-state index contributed by atoms with van der Waals surface area (Å²) in [4.78, 5) is 12.8. The first-order valence-electron chi connectivity index (χ1n) is 11.1. The highest BCUT2D eigenvalue weighted by molar-refractivity contribution is 9.10. The maximum Gasteiger partial charge on any atom is 0.264 e. The first-order valence-corrected chi connectivity index (χ1v) is 14.5. The van der Waals surface area contributed by atoms with Crippen LogP contribution in [0.15, 0.2) is 82.2 Å².